The van der Waals surface area contributed by atoms with E-state index in [9.17, 15) is 13.2 Å². The number of amides is 1. The third kappa shape index (κ3) is 1.88. The van der Waals surface area contributed by atoms with Crippen LogP contribution in [0.2, 0.25) is 0 Å². The van der Waals surface area contributed by atoms with Crippen molar-refractivity contribution in [3.63, 3.8) is 0 Å². The van der Waals surface area contributed by atoms with Crippen LogP contribution in [-0.2, 0) is 16.6 Å². The van der Waals surface area contributed by atoms with Crippen LogP contribution < -0.4 is 5.73 Å². The smallest absolute Gasteiger partial charge is 0.269 e. The summed E-state index contributed by atoms with van der Waals surface area (Å²) in [7, 11) is -3.81. The van der Waals surface area contributed by atoms with Crippen molar-refractivity contribution in [2.75, 3.05) is 5.73 Å². The van der Waals surface area contributed by atoms with Crippen LogP contribution in [0.25, 0.3) is 0 Å². The summed E-state index contributed by atoms with van der Waals surface area (Å²) in [5.41, 5.74) is 6.65. The van der Waals surface area contributed by atoms with E-state index >= 15 is 0 Å². The standard InChI is InChI=1S/C12H11N3O3S2/c1-7-14-9(6-19-7)5-15-12(16)10-4-8(13)2-3-11(10)20(15,17)18/h2-4,6H,5,13H2,1H3. The molecule has 0 saturated heterocycles. The lowest BCUT2D eigenvalue weighted by atomic mass is 10.2. The topological polar surface area (TPSA) is 93.4 Å². The van der Waals surface area contributed by atoms with Gasteiger partial charge in [0.05, 0.1) is 22.8 Å². The lowest BCUT2D eigenvalue weighted by Gasteiger charge is -2.13. The molecule has 0 aliphatic carbocycles. The van der Waals surface area contributed by atoms with Crippen molar-refractivity contribution in [2.45, 2.75) is 18.4 Å². The average Bonchev–Trinajstić information content (AvgIpc) is 2.86. The Hall–Kier alpha value is -1.93. The van der Waals surface area contributed by atoms with Crippen molar-refractivity contribution in [3.8, 4) is 0 Å². The molecule has 1 aliphatic heterocycles. The Kier molecular flexibility index (Phi) is 2.80. The zero-order chi connectivity index (χ0) is 14.5. The number of benzene rings is 1. The summed E-state index contributed by atoms with van der Waals surface area (Å²) in [6, 6.07) is 4.23. The number of hydrogen-bond acceptors (Lipinski definition) is 6. The summed E-state index contributed by atoms with van der Waals surface area (Å²) in [5.74, 6) is -0.557. The maximum absolute atomic E-state index is 12.4. The highest BCUT2D eigenvalue weighted by Gasteiger charge is 2.41. The minimum absolute atomic E-state index is 0.00338. The first-order valence-electron chi connectivity index (χ1n) is 5.77. The van der Waals surface area contributed by atoms with E-state index in [1.54, 1.807) is 5.38 Å². The van der Waals surface area contributed by atoms with Gasteiger partial charge in [-0.15, -0.1) is 11.3 Å². The molecule has 0 unspecified atom stereocenters. The fourth-order valence-corrected chi connectivity index (χ4v) is 4.21. The van der Waals surface area contributed by atoms with Gasteiger partial charge in [0.1, 0.15) is 4.90 Å². The molecule has 0 spiro atoms. The second-order valence-electron chi connectivity index (χ2n) is 4.43. The van der Waals surface area contributed by atoms with Crippen LogP contribution in [0, 0.1) is 6.92 Å². The molecule has 20 heavy (non-hydrogen) atoms. The van der Waals surface area contributed by atoms with Crippen LogP contribution in [0.4, 0.5) is 5.69 Å². The van der Waals surface area contributed by atoms with E-state index in [0.717, 1.165) is 9.31 Å². The van der Waals surface area contributed by atoms with E-state index in [0.29, 0.717) is 11.4 Å². The molecule has 0 bridgehead atoms. The molecule has 1 aromatic carbocycles. The third-order valence-corrected chi connectivity index (χ3v) is 5.61. The molecule has 0 atom stereocenters. The Bertz CT molecular complexity index is 811. The van der Waals surface area contributed by atoms with Crippen molar-refractivity contribution in [3.05, 3.63) is 39.8 Å². The molecule has 6 nitrogen and oxygen atoms in total. The van der Waals surface area contributed by atoms with Crippen molar-refractivity contribution in [1.29, 1.82) is 0 Å². The molecule has 0 saturated carbocycles. The van der Waals surface area contributed by atoms with E-state index in [1.165, 1.54) is 29.5 Å². The number of carbonyl (C=O) groups is 1. The van der Waals surface area contributed by atoms with Gasteiger partial charge in [0.25, 0.3) is 15.9 Å². The van der Waals surface area contributed by atoms with Crippen LogP contribution in [0.15, 0.2) is 28.5 Å². The van der Waals surface area contributed by atoms with Crippen LogP contribution in [0.1, 0.15) is 21.1 Å². The zero-order valence-corrected chi connectivity index (χ0v) is 12.2. The van der Waals surface area contributed by atoms with Gasteiger partial charge in [0.2, 0.25) is 0 Å². The molecule has 3 rings (SSSR count). The number of sulfonamides is 1. The molecule has 1 amide bonds. The van der Waals surface area contributed by atoms with E-state index in [4.69, 9.17) is 5.73 Å². The van der Waals surface area contributed by atoms with Gasteiger partial charge in [-0.2, -0.15) is 0 Å². The van der Waals surface area contributed by atoms with Crippen LogP contribution in [0.5, 0.6) is 0 Å². The number of rotatable bonds is 2. The normalized spacial score (nSPS) is 16.4. The van der Waals surface area contributed by atoms with E-state index in [2.05, 4.69) is 4.98 Å². The van der Waals surface area contributed by atoms with Crippen LogP contribution >= 0.6 is 11.3 Å². The highest BCUT2D eigenvalue weighted by Crippen LogP contribution is 2.32. The second kappa shape index (κ2) is 4.29. The number of nitrogen functional groups attached to an aromatic ring is 1. The van der Waals surface area contributed by atoms with Gasteiger partial charge in [0.15, 0.2) is 0 Å². The summed E-state index contributed by atoms with van der Waals surface area (Å²) in [4.78, 5) is 16.4. The predicted molar refractivity (Wildman–Crippen MR) is 74.8 cm³/mol. The molecule has 104 valence electrons. The number of aryl methyl sites for hydroxylation is 1. The summed E-state index contributed by atoms with van der Waals surface area (Å²) in [6.07, 6.45) is 0. The maximum atomic E-state index is 12.4. The quantitative estimate of drug-likeness (QED) is 0.846. The highest BCUT2D eigenvalue weighted by molar-refractivity contribution is 7.90. The first-order chi connectivity index (χ1) is 9.39. The van der Waals surface area contributed by atoms with E-state index in [1.807, 2.05) is 6.92 Å². The molecule has 0 fully saturated rings. The number of carbonyl (C=O) groups excluding carboxylic acids is 1. The minimum Gasteiger partial charge on any atom is -0.399 e. The molecule has 2 heterocycles. The van der Waals surface area contributed by atoms with Gasteiger partial charge < -0.3 is 5.73 Å². The molecule has 1 aromatic heterocycles. The Morgan fingerprint density at radius 2 is 2.15 bits per heavy atom. The van der Waals surface area contributed by atoms with Gasteiger partial charge in [-0.05, 0) is 25.1 Å². The zero-order valence-electron chi connectivity index (χ0n) is 10.5. The number of fused-ring (bicyclic) bond motifs is 1. The Labute approximate surface area is 119 Å². The monoisotopic (exact) mass is 309 g/mol. The largest absolute Gasteiger partial charge is 0.399 e. The first-order valence-corrected chi connectivity index (χ1v) is 8.09. The number of anilines is 1. The number of thiazole rings is 1. The van der Waals surface area contributed by atoms with Gasteiger partial charge in [0, 0.05) is 11.1 Å². The van der Waals surface area contributed by atoms with E-state index in [-0.39, 0.29) is 17.0 Å². The lowest BCUT2D eigenvalue weighted by molar-refractivity contribution is 0.0864. The SMILES string of the molecule is Cc1nc(CN2C(=O)c3cc(N)ccc3S2(=O)=O)cs1. The Morgan fingerprint density at radius 1 is 1.40 bits per heavy atom. The maximum Gasteiger partial charge on any atom is 0.269 e. The van der Waals surface area contributed by atoms with Crippen molar-refractivity contribution < 1.29 is 13.2 Å². The van der Waals surface area contributed by atoms with Crippen LogP contribution in [-0.4, -0.2) is 23.6 Å². The Balaban J connectivity index is 2.05. The van der Waals surface area contributed by atoms with E-state index < -0.39 is 15.9 Å². The third-order valence-electron chi connectivity index (χ3n) is 3.00. The number of nitrogens with two attached hydrogens (primary N) is 1. The summed E-state index contributed by atoms with van der Waals surface area (Å²) < 4.78 is 25.6. The van der Waals surface area contributed by atoms with Gasteiger partial charge in [-0.25, -0.2) is 17.7 Å². The first kappa shape index (κ1) is 13.1. The average molecular weight is 309 g/mol. The van der Waals surface area contributed by atoms with Gasteiger partial charge in [-0.3, -0.25) is 4.79 Å². The predicted octanol–water partition coefficient (Wildman–Crippen LogP) is 1.38. The summed E-state index contributed by atoms with van der Waals surface area (Å²) >= 11 is 1.41. The molecule has 2 aromatic rings. The fourth-order valence-electron chi connectivity index (χ4n) is 2.09. The number of hydrogen-bond donors (Lipinski definition) is 1. The molecular weight excluding hydrogens is 298 g/mol. The molecule has 8 heteroatoms. The number of nitrogens with zero attached hydrogens (tertiary/aromatic N) is 2. The van der Waals surface area contributed by atoms with Crippen molar-refractivity contribution in [1.82, 2.24) is 9.29 Å². The summed E-state index contributed by atoms with van der Waals surface area (Å²) in [6.45, 7) is 1.77. The lowest BCUT2D eigenvalue weighted by Crippen LogP contribution is -2.29. The molecule has 1 aliphatic rings. The number of aromatic nitrogens is 1. The molecule has 2 N–H and O–H groups in total. The van der Waals surface area contributed by atoms with Gasteiger partial charge in [-0.1, -0.05) is 0 Å². The highest BCUT2D eigenvalue weighted by atomic mass is 32.2. The van der Waals surface area contributed by atoms with Gasteiger partial charge >= 0.3 is 0 Å². The minimum atomic E-state index is -3.81. The molecular formula is C12H11N3O3S2. The van der Waals surface area contributed by atoms with Crippen molar-refractivity contribution in [2.24, 2.45) is 0 Å². The van der Waals surface area contributed by atoms with Crippen LogP contribution in [0.3, 0.4) is 0 Å². The van der Waals surface area contributed by atoms with Crippen molar-refractivity contribution >= 4 is 33.0 Å². The second-order valence-corrected chi connectivity index (χ2v) is 7.32. The Morgan fingerprint density at radius 3 is 2.80 bits per heavy atom. The molecule has 0 radical (unpaired) electrons. The summed E-state index contributed by atoms with van der Waals surface area (Å²) in [5, 5.41) is 2.57. The fraction of sp³-hybridized carbons (Fsp3) is 0.167.